The second-order valence-corrected chi connectivity index (χ2v) is 4.70. The molecule has 1 rings (SSSR count). The Hall–Kier alpha value is -1.26. The van der Waals surface area contributed by atoms with Crippen LogP contribution in [-0.4, -0.2) is 35.5 Å². The van der Waals surface area contributed by atoms with Crippen LogP contribution in [0.4, 0.5) is 0 Å². The highest BCUT2D eigenvalue weighted by atomic mass is 35.5. The number of likely N-dealkylation sites (N-methyl/N-ethyl adjacent to an activating group) is 1. The van der Waals surface area contributed by atoms with Gasteiger partial charge in [0, 0.05) is 13.6 Å². The Morgan fingerprint density at radius 1 is 1.28 bits per heavy atom. The lowest BCUT2D eigenvalue weighted by Gasteiger charge is -2.16. The fourth-order valence-corrected chi connectivity index (χ4v) is 1.67. The molecule has 0 aliphatic carbocycles. The summed E-state index contributed by atoms with van der Waals surface area (Å²) in [6.45, 7) is 0.190. The van der Waals surface area contributed by atoms with Gasteiger partial charge in [-0.15, -0.1) is 0 Å². The molecule has 0 aliphatic rings. The molecule has 0 heterocycles. The average Bonchev–Trinajstić information content (AvgIpc) is 2.30. The molecule has 0 aliphatic heterocycles. The van der Waals surface area contributed by atoms with E-state index in [1.165, 1.54) is 4.90 Å². The van der Waals surface area contributed by atoms with Gasteiger partial charge in [-0.3, -0.25) is 9.59 Å². The Morgan fingerprint density at radius 3 is 2.50 bits per heavy atom. The van der Waals surface area contributed by atoms with Gasteiger partial charge in [-0.1, -0.05) is 29.3 Å². The van der Waals surface area contributed by atoms with Crippen LogP contribution in [0.2, 0.25) is 10.0 Å². The molecule has 0 unspecified atom stereocenters. The van der Waals surface area contributed by atoms with Crippen molar-refractivity contribution in [2.75, 3.05) is 13.6 Å². The van der Waals surface area contributed by atoms with Crippen LogP contribution in [0.3, 0.4) is 0 Å². The summed E-state index contributed by atoms with van der Waals surface area (Å²) in [6, 6.07) is 4.98. The van der Waals surface area contributed by atoms with Crippen molar-refractivity contribution < 1.29 is 14.7 Å². The van der Waals surface area contributed by atoms with Crippen molar-refractivity contribution in [2.24, 2.45) is 0 Å². The van der Waals surface area contributed by atoms with Crippen molar-refractivity contribution in [1.29, 1.82) is 0 Å². The fourth-order valence-electron chi connectivity index (χ4n) is 1.35. The van der Waals surface area contributed by atoms with Gasteiger partial charge in [0.25, 0.3) is 0 Å². The van der Waals surface area contributed by atoms with Crippen molar-refractivity contribution in [2.45, 2.75) is 12.8 Å². The van der Waals surface area contributed by atoms with Crippen molar-refractivity contribution in [3.63, 3.8) is 0 Å². The lowest BCUT2D eigenvalue weighted by atomic mass is 10.1. The molecule has 0 fully saturated rings. The number of hydrogen-bond acceptors (Lipinski definition) is 2. The van der Waals surface area contributed by atoms with Crippen molar-refractivity contribution in [3.05, 3.63) is 33.8 Å². The normalized spacial score (nSPS) is 10.2. The summed E-state index contributed by atoms with van der Waals surface area (Å²) in [4.78, 5) is 23.6. The minimum atomic E-state index is -0.927. The first-order valence-electron chi connectivity index (χ1n) is 5.30. The number of rotatable bonds is 5. The molecule has 0 saturated heterocycles. The monoisotopic (exact) mass is 289 g/mol. The van der Waals surface area contributed by atoms with Crippen molar-refractivity contribution >= 4 is 35.1 Å². The Labute approximate surface area is 115 Å². The maximum absolute atomic E-state index is 11.8. The Kier molecular flexibility index (Phi) is 5.44. The van der Waals surface area contributed by atoms with Crippen LogP contribution in [0.25, 0.3) is 0 Å². The van der Waals surface area contributed by atoms with Gasteiger partial charge in [0.1, 0.15) is 0 Å². The predicted molar refractivity (Wildman–Crippen MR) is 70.1 cm³/mol. The fraction of sp³-hybridized carbons (Fsp3) is 0.333. The molecular weight excluding hydrogens is 277 g/mol. The Morgan fingerprint density at radius 2 is 1.94 bits per heavy atom. The van der Waals surface area contributed by atoms with E-state index in [1.807, 2.05) is 0 Å². The highest BCUT2D eigenvalue weighted by Gasteiger charge is 2.11. The molecule has 0 radical (unpaired) electrons. The molecule has 0 saturated carbocycles. The molecule has 18 heavy (non-hydrogen) atoms. The molecular formula is C12H13Cl2NO3. The van der Waals surface area contributed by atoms with E-state index in [2.05, 4.69) is 0 Å². The lowest BCUT2D eigenvalue weighted by Crippen LogP contribution is -2.30. The minimum absolute atomic E-state index is 0.0659. The quantitative estimate of drug-likeness (QED) is 0.906. The smallest absolute Gasteiger partial charge is 0.305 e. The van der Waals surface area contributed by atoms with E-state index in [0.29, 0.717) is 10.0 Å². The Balaban J connectivity index is 2.58. The number of amides is 1. The number of benzene rings is 1. The number of aliphatic carboxylic acids is 1. The summed E-state index contributed by atoms with van der Waals surface area (Å²) in [5, 5.41) is 9.37. The molecule has 1 amide bonds. The van der Waals surface area contributed by atoms with Crippen molar-refractivity contribution in [1.82, 2.24) is 4.90 Å². The maximum Gasteiger partial charge on any atom is 0.305 e. The summed E-state index contributed by atoms with van der Waals surface area (Å²) in [5.74, 6) is -1.08. The van der Waals surface area contributed by atoms with Crippen LogP contribution < -0.4 is 0 Å². The van der Waals surface area contributed by atoms with Gasteiger partial charge >= 0.3 is 5.97 Å². The van der Waals surface area contributed by atoms with Gasteiger partial charge in [0.05, 0.1) is 22.9 Å². The summed E-state index contributed by atoms with van der Waals surface area (Å²) in [6.07, 6.45) is 0.108. The molecule has 0 spiro atoms. The molecule has 0 atom stereocenters. The van der Waals surface area contributed by atoms with Crippen LogP contribution in [0.1, 0.15) is 12.0 Å². The highest BCUT2D eigenvalue weighted by molar-refractivity contribution is 6.42. The number of carbonyl (C=O) groups excluding carboxylic acids is 1. The molecule has 1 aromatic rings. The van der Waals surface area contributed by atoms with Crippen LogP contribution in [0.5, 0.6) is 0 Å². The van der Waals surface area contributed by atoms with Gasteiger partial charge in [-0.05, 0) is 17.7 Å². The number of carboxylic acids is 1. The number of carbonyl (C=O) groups is 2. The molecule has 0 bridgehead atoms. The van der Waals surface area contributed by atoms with Gasteiger partial charge in [-0.2, -0.15) is 0 Å². The SMILES string of the molecule is CN(CCC(=O)O)C(=O)Cc1ccc(Cl)c(Cl)c1. The number of halogens is 2. The van der Waals surface area contributed by atoms with Gasteiger partial charge in [0.2, 0.25) is 5.91 Å². The zero-order valence-electron chi connectivity index (χ0n) is 9.82. The second-order valence-electron chi connectivity index (χ2n) is 3.88. The van der Waals surface area contributed by atoms with Crippen LogP contribution in [0.15, 0.2) is 18.2 Å². The third kappa shape index (κ3) is 4.55. The third-order valence-corrected chi connectivity index (χ3v) is 3.17. The van der Waals surface area contributed by atoms with Crippen LogP contribution in [-0.2, 0) is 16.0 Å². The standard InChI is InChI=1S/C12H13Cl2NO3/c1-15(5-4-12(17)18)11(16)7-8-2-3-9(13)10(14)6-8/h2-3,6H,4-5,7H2,1H3,(H,17,18). The predicted octanol–water partition coefficient (Wildman–Crippen LogP) is 2.47. The first-order valence-corrected chi connectivity index (χ1v) is 6.05. The van der Waals surface area contributed by atoms with Crippen molar-refractivity contribution in [3.8, 4) is 0 Å². The molecule has 98 valence electrons. The zero-order valence-corrected chi connectivity index (χ0v) is 11.3. The number of hydrogen-bond donors (Lipinski definition) is 1. The summed E-state index contributed by atoms with van der Waals surface area (Å²) in [5.41, 5.74) is 0.747. The molecule has 1 N–H and O–H groups in total. The third-order valence-electron chi connectivity index (χ3n) is 2.43. The van der Waals surface area contributed by atoms with Crippen LogP contribution >= 0.6 is 23.2 Å². The van der Waals surface area contributed by atoms with Gasteiger partial charge in [0.15, 0.2) is 0 Å². The Bertz CT molecular complexity index is 463. The molecule has 0 aromatic heterocycles. The van der Waals surface area contributed by atoms with E-state index in [0.717, 1.165) is 5.56 Å². The van der Waals surface area contributed by atoms with E-state index in [1.54, 1.807) is 25.2 Å². The lowest BCUT2D eigenvalue weighted by molar-refractivity contribution is -0.138. The minimum Gasteiger partial charge on any atom is -0.481 e. The number of nitrogens with zero attached hydrogens (tertiary/aromatic N) is 1. The first-order chi connectivity index (χ1) is 8.40. The van der Waals surface area contributed by atoms with E-state index < -0.39 is 5.97 Å². The number of carboxylic acid groups (broad SMARTS) is 1. The highest BCUT2D eigenvalue weighted by Crippen LogP contribution is 2.22. The molecule has 1 aromatic carbocycles. The second kappa shape index (κ2) is 6.61. The maximum atomic E-state index is 11.8. The van der Waals surface area contributed by atoms with E-state index in [4.69, 9.17) is 28.3 Å². The largest absolute Gasteiger partial charge is 0.481 e. The summed E-state index contributed by atoms with van der Waals surface area (Å²) < 4.78 is 0. The van der Waals surface area contributed by atoms with E-state index >= 15 is 0 Å². The molecule has 4 nitrogen and oxygen atoms in total. The topological polar surface area (TPSA) is 57.6 Å². The molecule has 6 heteroatoms. The van der Waals surface area contributed by atoms with Gasteiger partial charge < -0.3 is 10.0 Å². The van der Waals surface area contributed by atoms with Crippen LogP contribution in [0, 0.1) is 0 Å². The van der Waals surface area contributed by atoms with Gasteiger partial charge in [-0.25, -0.2) is 0 Å². The zero-order chi connectivity index (χ0) is 13.7. The van der Waals surface area contributed by atoms with E-state index in [-0.39, 0.29) is 25.3 Å². The first kappa shape index (κ1) is 14.8. The summed E-state index contributed by atoms with van der Waals surface area (Å²) >= 11 is 11.6. The summed E-state index contributed by atoms with van der Waals surface area (Å²) in [7, 11) is 1.57. The average molecular weight is 290 g/mol. The van der Waals surface area contributed by atoms with E-state index in [9.17, 15) is 9.59 Å².